The van der Waals surface area contributed by atoms with Crippen molar-refractivity contribution in [3.63, 3.8) is 0 Å². The number of methoxy groups -OCH3 is 6. The molecule has 0 N–H and O–H groups in total. The van der Waals surface area contributed by atoms with E-state index < -0.39 is 0 Å². The third-order valence-electron chi connectivity index (χ3n) is 5.83. The van der Waals surface area contributed by atoms with Crippen LogP contribution in [0.25, 0.3) is 21.5 Å². The van der Waals surface area contributed by atoms with E-state index in [0.29, 0.717) is 19.8 Å². The molecule has 6 heteroatoms. The molecular formula is C31H40O6. The Morgan fingerprint density at radius 1 is 0.514 bits per heavy atom. The van der Waals surface area contributed by atoms with Gasteiger partial charge in [-0.1, -0.05) is 48.5 Å². The predicted octanol–water partition coefficient (Wildman–Crippen LogP) is 6.66. The molecule has 1 atom stereocenters. The van der Waals surface area contributed by atoms with Gasteiger partial charge in [0, 0.05) is 28.4 Å². The molecule has 0 saturated heterocycles. The second-order valence-electron chi connectivity index (χ2n) is 8.30. The monoisotopic (exact) mass is 508 g/mol. The maximum absolute atomic E-state index is 5.41. The summed E-state index contributed by atoms with van der Waals surface area (Å²) in [6.07, 6.45) is 0.227. The number of hydrogen-bond donors (Lipinski definition) is 0. The van der Waals surface area contributed by atoms with E-state index in [4.69, 9.17) is 28.4 Å². The highest BCUT2D eigenvalue weighted by Gasteiger charge is 2.12. The van der Waals surface area contributed by atoms with Crippen LogP contribution in [0.1, 0.15) is 18.1 Å². The average molecular weight is 509 g/mol. The lowest BCUT2D eigenvalue weighted by molar-refractivity contribution is 0.0401. The van der Waals surface area contributed by atoms with Gasteiger partial charge in [0.25, 0.3) is 0 Å². The normalized spacial score (nSPS) is 11.2. The zero-order valence-electron chi connectivity index (χ0n) is 23.1. The molecule has 0 heterocycles. The third kappa shape index (κ3) is 8.72. The summed E-state index contributed by atoms with van der Waals surface area (Å²) in [4.78, 5) is 0. The molecule has 0 spiro atoms. The van der Waals surface area contributed by atoms with Crippen molar-refractivity contribution in [2.24, 2.45) is 0 Å². The summed E-state index contributed by atoms with van der Waals surface area (Å²) in [5, 5.41) is 5.00. The topological polar surface area (TPSA) is 55.4 Å². The molecule has 0 radical (unpaired) electrons. The molecule has 0 aliphatic heterocycles. The molecule has 4 aromatic carbocycles. The zero-order chi connectivity index (χ0) is 27.0. The molecule has 0 saturated carbocycles. The van der Waals surface area contributed by atoms with E-state index in [1.165, 1.54) is 32.7 Å². The Hall–Kier alpha value is -3.16. The van der Waals surface area contributed by atoms with Gasteiger partial charge in [-0.15, -0.1) is 0 Å². The third-order valence-corrected chi connectivity index (χ3v) is 5.83. The molecule has 0 aliphatic rings. The molecule has 4 rings (SSSR count). The van der Waals surface area contributed by atoms with Gasteiger partial charge in [0.05, 0.1) is 40.1 Å². The number of benzene rings is 4. The van der Waals surface area contributed by atoms with Crippen LogP contribution in [0.4, 0.5) is 0 Å². The second-order valence-corrected chi connectivity index (χ2v) is 8.30. The van der Waals surface area contributed by atoms with E-state index in [1.807, 2.05) is 31.2 Å². The molecule has 37 heavy (non-hydrogen) atoms. The van der Waals surface area contributed by atoms with E-state index in [-0.39, 0.29) is 6.10 Å². The van der Waals surface area contributed by atoms with Gasteiger partial charge in [0.2, 0.25) is 0 Å². The summed E-state index contributed by atoms with van der Waals surface area (Å²) in [7, 11) is 10.1. The van der Waals surface area contributed by atoms with E-state index >= 15 is 0 Å². The van der Waals surface area contributed by atoms with E-state index in [2.05, 4.69) is 48.5 Å². The first-order chi connectivity index (χ1) is 18.0. The van der Waals surface area contributed by atoms with Crippen LogP contribution in [0.3, 0.4) is 0 Å². The Morgan fingerprint density at radius 3 is 1.08 bits per heavy atom. The van der Waals surface area contributed by atoms with Crippen LogP contribution in [-0.4, -0.2) is 55.4 Å². The average Bonchev–Trinajstić information content (AvgIpc) is 2.95. The van der Waals surface area contributed by atoms with Crippen LogP contribution >= 0.6 is 0 Å². The van der Waals surface area contributed by atoms with Crippen molar-refractivity contribution in [2.45, 2.75) is 26.2 Å². The van der Waals surface area contributed by atoms with Crippen LogP contribution in [0.5, 0.6) is 11.5 Å². The molecule has 0 aliphatic carbocycles. The first kappa shape index (κ1) is 30.1. The summed E-state index contributed by atoms with van der Waals surface area (Å²) < 4.78 is 30.4. The Morgan fingerprint density at radius 2 is 0.865 bits per heavy atom. The minimum Gasteiger partial charge on any atom is -0.497 e. The van der Waals surface area contributed by atoms with Gasteiger partial charge in [-0.3, -0.25) is 0 Å². The second kappa shape index (κ2) is 16.6. The molecule has 1 unspecified atom stereocenters. The van der Waals surface area contributed by atoms with Crippen molar-refractivity contribution in [1.29, 1.82) is 0 Å². The van der Waals surface area contributed by atoms with Gasteiger partial charge in [-0.05, 0) is 63.9 Å². The smallest absolute Gasteiger partial charge is 0.119 e. The summed E-state index contributed by atoms with van der Waals surface area (Å²) >= 11 is 0. The Labute approximate surface area is 221 Å². The molecule has 0 fully saturated rings. The Balaban J connectivity index is 0.000000236. The minimum absolute atomic E-state index is 0.227. The first-order valence-electron chi connectivity index (χ1n) is 12.1. The van der Waals surface area contributed by atoms with E-state index in [9.17, 15) is 0 Å². The van der Waals surface area contributed by atoms with E-state index in [1.54, 1.807) is 42.7 Å². The number of fused-ring (bicyclic) bond motifs is 2. The lowest BCUT2D eigenvalue weighted by Crippen LogP contribution is -2.11. The van der Waals surface area contributed by atoms with Gasteiger partial charge in [-0.2, -0.15) is 0 Å². The molecule has 0 bridgehead atoms. The van der Waals surface area contributed by atoms with Gasteiger partial charge < -0.3 is 28.4 Å². The number of ether oxygens (including phenoxy) is 6. The molecule has 6 nitrogen and oxygen atoms in total. The quantitative estimate of drug-likeness (QED) is 0.236. The van der Waals surface area contributed by atoms with Crippen molar-refractivity contribution in [3.05, 3.63) is 83.9 Å². The van der Waals surface area contributed by atoms with Crippen LogP contribution in [0, 0.1) is 0 Å². The van der Waals surface area contributed by atoms with Gasteiger partial charge in [0.1, 0.15) is 11.5 Å². The fourth-order valence-electron chi connectivity index (χ4n) is 3.92. The molecule has 4 aromatic rings. The van der Waals surface area contributed by atoms with Crippen molar-refractivity contribution >= 4 is 21.5 Å². The predicted molar refractivity (Wildman–Crippen MR) is 151 cm³/mol. The zero-order valence-corrected chi connectivity index (χ0v) is 23.1. The summed E-state index contributed by atoms with van der Waals surface area (Å²) in [5.74, 6) is 1.70. The first-order valence-corrected chi connectivity index (χ1v) is 12.1. The molecule has 0 amide bonds. The maximum atomic E-state index is 5.41. The highest BCUT2D eigenvalue weighted by molar-refractivity contribution is 6.05. The fourth-order valence-corrected chi connectivity index (χ4v) is 3.92. The molecule has 200 valence electrons. The highest BCUT2D eigenvalue weighted by Crippen LogP contribution is 2.33. The van der Waals surface area contributed by atoms with Crippen molar-refractivity contribution in [1.82, 2.24) is 0 Å². The van der Waals surface area contributed by atoms with Gasteiger partial charge >= 0.3 is 0 Å². The van der Waals surface area contributed by atoms with Gasteiger partial charge in [0.15, 0.2) is 0 Å². The fraction of sp³-hybridized carbons (Fsp3) is 0.355. The van der Waals surface area contributed by atoms with Crippen LogP contribution < -0.4 is 9.47 Å². The van der Waals surface area contributed by atoms with Gasteiger partial charge in [-0.25, -0.2) is 0 Å². The number of rotatable bonds is 9. The Bertz CT molecular complexity index is 1050. The largest absolute Gasteiger partial charge is 0.497 e. The summed E-state index contributed by atoms with van der Waals surface area (Å²) in [5.41, 5.74) is 2.50. The number of hydrogen-bond acceptors (Lipinski definition) is 6. The lowest BCUT2D eigenvalue weighted by atomic mass is 9.92. The maximum Gasteiger partial charge on any atom is 0.119 e. The highest BCUT2D eigenvalue weighted by atomic mass is 16.5. The minimum atomic E-state index is 0.227. The molecular weight excluding hydrogens is 468 g/mol. The Kier molecular flexibility index (Phi) is 13.5. The summed E-state index contributed by atoms with van der Waals surface area (Å²) in [6.45, 7) is 3.88. The van der Waals surface area contributed by atoms with Crippen molar-refractivity contribution in [3.8, 4) is 11.5 Å². The lowest BCUT2D eigenvalue weighted by Gasteiger charge is -2.16. The SMILES string of the molecule is COCC(C)OC.COCc1c2ccccc2c(COC)c2ccccc12.COc1ccc(OC)cc1. The van der Waals surface area contributed by atoms with Crippen LogP contribution in [0.2, 0.25) is 0 Å². The van der Waals surface area contributed by atoms with Crippen LogP contribution in [0.15, 0.2) is 72.8 Å². The van der Waals surface area contributed by atoms with Crippen molar-refractivity contribution < 1.29 is 28.4 Å². The molecule has 0 aromatic heterocycles. The van der Waals surface area contributed by atoms with Crippen LogP contribution in [-0.2, 0) is 32.2 Å². The summed E-state index contributed by atoms with van der Waals surface area (Å²) in [6, 6.07) is 24.4. The van der Waals surface area contributed by atoms with Crippen molar-refractivity contribution in [2.75, 3.05) is 49.3 Å². The standard InChI is InChI=1S/C18H18O2.C8H10O2.C5H12O2/c1-19-11-17-13-7-3-5-9-15(13)18(12-20-2)16-10-6-4-8-14(16)17;1-9-7-3-5-8(10-2)6-4-7;1-5(7-3)4-6-2/h3-10H,11-12H2,1-2H3;3-6H,1-2H3;5H,4H2,1-3H3. The van der Waals surface area contributed by atoms with E-state index in [0.717, 1.165) is 11.5 Å².